The summed E-state index contributed by atoms with van der Waals surface area (Å²) in [4.78, 5) is 14.0. The normalized spacial score (nSPS) is 19.4. The van der Waals surface area contributed by atoms with Gasteiger partial charge in [0.05, 0.1) is 19.1 Å². The van der Waals surface area contributed by atoms with Gasteiger partial charge < -0.3 is 19.7 Å². The van der Waals surface area contributed by atoms with E-state index in [4.69, 9.17) is 4.74 Å². The van der Waals surface area contributed by atoms with Gasteiger partial charge in [0.25, 0.3) is 0 Å². The third-order valence-electron chi connectivity index (χ3n) is 3.39. The highest BCUT2D eigenvalue weighted by Gasteiger charge is 2.30. The number of rotatable bonds is 5. The van der Waals surface area contributed by atoms with Gasteiger partial charge in [-0.1, -0.05) is 12.1 Å². The summed E-state index contributed by atoms with van der Waals surface area (Å²) in [6.07, 6.45) is -4.67. The van der Waals surface area contributed by atoms with Crippen LogP contribution >= 0.6 is 0 Å². The molecule has 1 N–H and O–H groups in total. The van der Waals surface area contributed by atoms with E-state index >= 15 is 0 Å². The number of amides is 1. The predicted molar refractivity (Wildman–Crippen MR) is 77.1 cm³/mol. The monoisotopic (exact) mass is 332 g/mol. The summed E-state index contributed by atoms with van der Waals surface area (Å²) in [6.45, 7) is 2.68. The number of benzene rings is 1. The number of hydrogen-bond acceptors (Lipinski definition) is 4. The molecule has 0 bridgehead atoms. The van der Waals surface area contributed by atoms with Crippen molar-refractivity contribution < 1.29 is 27.4 Å². The van der Waals surface area contributed by atoms with E-state index in [-0.39, 0.29) is 24.2 Å². The van der Waals surface area contributed by atoms with Crippen LogP contribution in [0.1, 0.15) is 5.56 Å². The zero-order chi connectivity index (χ0) is 16.9. The van der Waals surface area contributed by atoms with Crippen molar-refractivity contribution >= 4 is 5.91 Å². The van der Waals surface area contributed by atoms with Crippen LogP contribution in [-0.2, 0) is 16.0 Å². The topological polar surface area (TPSA) is 50.8 Å². The standard InChI is InChI=1S/C15H19F3N2O3/c1-20-6-7-22-13(10-20)9-19-14(21)8-11-2-4-12(5-3-11)23-15(16,17)18/h2-5,13H,6-10H2,1H3,(H,19,21). The van der Waals surface area contributed by atoms with E-state index in [9.17, 15) is 18.0 Å². The molecule has 1 unspecified atom stereocenters. The fourth-order valence-electron chi connectivity index (χ4n) is 2.27. The minimum atomic E-state index is -4.72. The van der Waals surface area contributed by atoms with Gasteiger partial charge in [-0.25, -0.2) is 0 Å². The Hall–Kier alpha value is -1.80. The lowest BCUT2D eigenvalue weighted by atomic mass is 10.1. The van der Waals surface area contributed by atoms with Crippen molar-refractivity contribution in [1.82, 2.24) is 10.2 Å². The van der Waals surface area contributed by atoms with E-state index in [0.29, 0.717) is 18.7 Å². The number of carbonyl (C=O) groups is 1. The highest BCUT2D eigenvalue weighted by Crippen LogP contribution is 2.22. The molecule has 1 amide bonds. The molecule has 1 saturated heterocycles. The Labute approximate surface area is 132 Å². The molecule has 8 heteroatoms. The van der Waals surface area contributed by atoms with Crippen LogP contribution < -0.4 is 10.1 Å². The highest BCUT2D eigenvalue weighted by molar-refractivity contribution is 5.78. The Morgan fingerprint density at radius 3 is 2.70 bits per heavy atom. The lowest BCUT2D eigenvalue weighted by Gasteiger charge is -2.30. The number of alkyl halides is 3. The summed E-state index contributed by atoms with van der Waals surface area (Å²) in [6, 6.07) is 5.25. The Morgan fingerprint density at radius 1 is 1.39 bits per heavy atom. The van der Waals surface area contributed by atoms with E-state index in [2.05, 4.69) is 15.0 Å². The fourth-order valence-corrected chi connectivity index (χ4v) is 2.27. The van der Waals surface area contributed by atoms with Crippen molar-refractivity contribution in [1.29, 1.82) is 0 Å². The second-order valence-electron chi connectivity index (χ2n) is 5.43. The van der Waals surface area contributed by atoms with Crippen molar-refractivity contribution in [3.05, 3.63) is 29.8 Å². The average molecular weight is 332 g/mol. The number of nitrogens with one attached hydrogen (secondary N) is 1. The van der Waals surface area contributed by atoms with Crippen LogP contribution in [0.4, 0.5) is 13.2 Å². The zero-order valence-corrected chi connectivity index (χ0v) is 12.7. The number of halogens is 3. The van der Waals surface area contributed by atoms with E-state index in [1.54, 1.807) is 0 Å². The Morgan fingerprint density at radius 2 is 2.09 bits per heavy atom. The second kappa shape index (κ2) is 7.65. The first-order valence-corrected chi connectivity index (χ1v) is 7.23. The van der Waals surface area contributed by atoms with Crippen molar-refractivity contribution in [3.8, 4) is 5.75 Å². The number of nitrogens with zero attached hydrogens (tertiary/aromatic N) is 1. The average Bonchev–Trinajstić information content (AvgIpc) is 2.46. The molecule has 0 saturated carbocycles. The van der Waals surface area contributed by atoms with Crippen molar-refractivity contribution in [3.63, 3.8) is 0 Å². The molecule has 1 heterocycles. The van der Waals surface area contributed by atoms with Gasteiger partial charge in [0.2, 0.25) is 5.91 Å². The maximum atomic E-state index is 12.1. The van der Waals surface area contributed by atoms with Crippen LogP contribution in [-0.4, -0.2) is 56.6 Å². The lowest BCUT2D eigenvalue weighted by molar-refractivity contribution is -0.274. The molecule has 5 nitrogen and oxygen atoms in total. The molecular weight excluding hydrogens is 313 g/mol. The van der Waals surface area contributed by atoms with Gasteiger partial charge in [-0.05, 0) is 24.7 Å². The van der Waals surface area contributed by atoms with Gasteiger partial charge in [-0.3, -0.25) is 4.79 Å². The van der Waals surface area contributed by atoms with Gasteiger partial charge >= 0.3 is 6.36 Å². The molecule has 1 aliphatic rings. The Bertz CT molecular complexity index is 520. The molecule has 0 aliphatic carbocycles. The zero-order valence-electron chi connectivity index (χ0n) is 12.7. The molecule has 1 aromatic carbocycles. The third-order valence-corrected chi connectivity index (χ3v) is 3.39. The summed E-state index contributed by atoms with van der Waals surface area (Å²) >= 11 is 0. The number of likely N-dealkylation sites (N-methyl/N-ethyl adjacent to an activating group) is 1. The van der Waals surface area contributed by atoms with E-state index in [1.165, 1.54) is 24.3 Å². The summed E-state index contributed by atoms with van der Waals surface area (Å²) in [5.41, 5.74) is 0.610. The SMILES string of the molecule is CN1CCOC(CNC(=O)Cc2ccc(OC(F)(F)F)cc2)C1. The largest absolute Gasteiger partial charge is 0.573 e. The number of morpholine rings is 1. The highest BCUT2D eigenvalue weighted by atomic mass is 19.4. The molecule has 23 heavy (non-hydrogen) atoms. The maximum absolute atomic E-state index is 12.1. The molecule has 0 spiro atoms. The van der Waals surface area contributed by atoms with Crippen LogP contribution in [0.3, 0.4) is 0 Å². The molecule has 0 aromatic heterocycles. The smallest absolute Gasteiger partial charge is 0.406 e. The first-order chi connectivity index (χ1) is 10.8. The minimum absolute atomic E-state index is 0.0414. The van der Waals surface area contributed by atoms with Crippen LogP contribution in [0.15, 0.2) is 24.3 Å². The Kier molecular flexibility index (Phi) is 5.84. The van der Waals surface area contributed by atoms with Crippen LogP contribution in [0.5, 0.6) is 5.75 Å². The van der Waals surface area contributed by atoms with Crippen molar-refractivity contribution in [2.75, 3.05) is 33.3 Å². The number of ether oxygens (including phenoxy) is 2. The molecular formula is C15H19F3N2O3. The van der Waals surface area contributed by atoms with E-state index in [1.807, 2.05) is 7.05 Å². The lowest BCUT2D eigenvalue weighted by Crippen LogP contribution is -2.46. The first-order valence-electron chi connectivity index (χ1n) is 7.23. The molecule has 0 radical (unpaired) electrons. The molecule has 1 fully saturated rings. The quantitative estimate of drug-likeness (QED) is 0.889. The van der Waals surface area contributed by atoms with E-state index in [0.717, 1.165) is 13.1 Å². The number of hydrogen-bond donors (Lipinski definition) is 1. The van der Waals surface area contributed by atoms with Gasteiger partial charge in [-0.2, -0.15) is 0 Å². The minimum Gasteiger partial charge on any atom is -0.406 e. The molecule has 1 aliphatic heterocycles. The molecule has 128 valence electrons. The third kappa shape index (κ3) is 6.45. The number of carbonyl (C=O) groups excluding carboxylic acids is 1. The Balaban J connectivity index is 1.76. The molecule has 1 aromatic rings. The predicted octanol–water partition coefficient (Wildman–Crippen LogP) is 1.57. The van der Waals surface area contributed by atoms with Crippen molar-refractivity contribution in [2.45, 2.75) is 18.9 Å². The van der Waals surface area contributed by atoms with Gasteiger partial charge in [0.1, 0.15) is 5.75 Å². The van der Waals surface area contributed by atoms with Gasteiger partial charge in [0, 0.05) is 19.6 Å². The maximum Gasteiger partial charge on any atom is 0.573 e. The molecule has 1 atom stereocenters. The van der Waals surface area contributed by atoms with E-state index < -0.39 is 6.36 Å². The van der Waals surface area contributed by atoms with Gasteiger partial charge in [-0.15, -0.1) is 13.2 Å². The first kappa shape index (κ1) is 17.6. The van der Waals surface area contributed by atoms with Crippen LogP contribution in [0.25, 0.3) is 0 Å². The van der Waals surface area contributed by atoms with Crippen molar-refractivity contribution in [2.24, 2.45) is 0 Å². The summed E-state index contributed by atoms with van der Waals surface area (Å²) in [7, 11) is 1.99. The van der Waals surface area contributed by atoms with Gasteiger partial charge in [0.15, 0.2) is 0 Å². The molecule has 2 rings (SSSR count). The summed E-state index contributed by atoms with van der Waals surface area (Å²) in [5.74, 6) is -0.508. The van der Waals surface area contributed by atoms with Crippen LogP contribution in [0, 0.1) is 0 Å². The second-order valence-corrected chi connectivity index (χ2v) is 5.43. The van der Waals surface area contributed by atoms with Crippen LogP contribution in [0.2, 0.25) is 0 Å². The fraction of sp³-hybridized carbons (Fsp3) is 0.533. The summed E-state index contributed by atoms with van der Waals surface area (Å²) < 4.78 is 45.5. The summed E-state index contributed by atoms with van der Waals surface area (Å²) in [5, 5.41) is 2.77.